The molecule has 1 atom stereocenters. The largest absolute Gasteiger partial charge is 0.390 e. The van der Waals surface area contributed by atoms with Crippen molar-refractivity contribution in [1.29, 1.82) is 0 Å². The quantitative estimate of drug-likeness (QED) is 0.731. The number of nitrogens with zero attached hydrogens (tertiary/aromatic N) is 1. The van der Waals surface area contributed by atoms with Crippen LogP contribution in [-0.2, 0) is 16.6 Å². The molecular weight excluding hydrogens is 330 g/mol. The number of aromatic nitrogens is 1. The lowest BCUT2D eigenvalue weighted by Crippen LogP contribution is -2.27. The SMILES string of the molecule is CC(NC(=O)c1ccnc(CO)c1)c1ccccc1NS(C)(=O)=O. The summed E-state index contributed by atoms with van der Waals surface area (Å²) in [4.78, 5) is 16.3. The Kier molecular flexibility index (Phi) is 5.53. The summed E-state index contributed by atoms with van der Waals surface area (Å²) in [6.07, 6.45) is 2.52. The van der Waals surface area contributed by atoms with Gasteiger partial charge in [-0.1, -0.05) is 18.2 Å². The molecule has 0 spiro atoms. The summed E-state index contributed by atoms with van der Waals surface area (Å²) < 4.78 is 25.4. The number of para-hydroxylation sites is 1. The van der Waals surface area contributed by atoms with Gasteiger partial charge in [0.15, 0.2) is 0 Å². The third-order valence-corrected chi connectivity index (χ3v) is 3.90. The molecule has 2 aromatic rings. The van der Waals surface area contributed by atoms with Gasteiger partial charge in [-0.15, -0.1) is 0 Å². The number of aliphatic hydroxyl groups is 1. The number of benzene rings is 1. The molecular formula is C16H19N3O4S. The summed E-state index contributed by atoms with van der Waals surface area (Å²) in [5.74, 6) is -0.339. The van der Waals surface area contributed by atoms with Crippen LogP contribution < -0.4 is 10.0 Å². The Morgan fingerprint density at radius 3 is 2.67 bits per heavy atom. The first-order chi connectivity index (χ1) is 11.3. The first kappa shape index (κ1) is 17.9. The van der Waals surface area contributed by atoms with Crippen molar-refractivity contribution in [2.75, 3.05) is 11.0 Å². The van der Waals surface area contributed by atoms with Gasteiger partial charge in [-0.2, -0.15) is 0 Å². The number of nitrogens with one attached hydrogen (secondary N) is 2. The molecule has 8 heteroatoms. The number of anilines is 1. The van der Waals surface area contributed by atoms with Crippen LogP contribution >= 0.6 is 0 Å². The van der Waals surface area contributed by atoms with E-state index < -0.39 is 16.1 Å². The normalized spacial score (nSPS) is 12.5. The maximum Gasteiger partial charge on any atom is 0.251 e. The molecule has 0 saturated heterocycles. The van der Waals surface area contributed by atoms with Crippen molar-refractivity contribution in [3.63, 3.8) is 0 Å². The van der Waals surface area contributed by atoms with Crippen molar-refractivity contribution >= 4 is 21.6 Å². The van der Waals surface area contributed by atoms with E-state index in [9.17, 15) is 13.2 Å². The molecule has 0 aliphatic rings. The van der Waals surface area contributed by atoms with Crippen LogP contribution in [0.3, 0.4) is 0 Å². The molecule has 0 aliphatic heterocycles. The van der Waals surface area contributed by atoms with Gasteiger partial charge in [-0.3, -0.25) is 14.5 Å². The Morgan fingerprint density at radius 2 is 2.00 bits per heavy atom. The molecule has 1 unspecified atom stereocenters. The summed E-state index contributed by atoms with van der Waals surface area (Å²) in [5, 5.41) is 11.9. The number of carbonyl (C=O) groups excluding carboxylic acids is 1. The maximum absolute atomic E-state index is 12.3. The highest BCUT2D eigenvalue weighted by Crippen LogP contribution is 2.23. The van der Waals surface area contributed by atoms with E-state index in [1.54, 1.807) is 37.3 Å². The molecule has 0 bridgehead atoms. The highest BCUT2D eigenvalue weighted by atomic mass is 32.2. The number of hydrogen-bond acceptors (Lipinski definition) is 5. The van der Waals surface area contributed by atoms with Crippen LogP contribution in [0.4, 0.5) is 5.69 Å². The monoisotopic (exact) mass is 349 g/mol. The number of sulfonamides is 1. The molecule has 2 rings (SSSR count). The molecule has 1 heterocycles. The average Bonchev–Trinajstić information content (AvgIpc) is 2.53. The highest BCUT2D eigenvalue weighted by molar-refractivity contribution is 7.92. The first-order valence-electron chi connectivity index (χ1n) is 7.23. The van der Waals surface area contributed by atoms with Crippen LogP contribution in [0, 0.1) is 0 Å². The van der Waals surface area contributed by atoms with Crippen LogP contribution in [0.25, 0.3) is 0 Å². The molecule has 1 amide bonds. The minimum atomic E-state index is -3.42. The third kappa shape index (κ3) is 4.77. The van der Waals surface area contributed by atoms with Gasteiger partial charge in [0.2, 0.25) is 10.0 Å². The molecule has 3 N–H and O–H groups in total. The number of amides is 1. The zero-order chi connectivity index (χ0) is 17.7. The van der Waals surface area contributed by atoms with Gasteiger partial charge >= 0.3 is 0 Å². The minimum Gasteiger partial charge on any atom is -0.390 e. The fourth-order valence-corrected chi connectivity index (χ4v) is 2.82. The molecule has 0 radical (unpaired) electrons. The second-order valence-corrected chi connectivity index (χ2v) is 7.10. The molecule has 0 saturated carbocycles. The second kappa shape index (κ2) is 7.41. The molecule has 0 fully saturated rings. The van der Waals surface area contributed by atoms with Crippen LogP contribution in [-0.4, -0.2) is 30.7 Å². The van der Waals surface area contributed by atoms with Gasteiger partial charge in [0.25, 0.3) is 5.91 Å². The Labute approximate surface area is 140 Å². The minimum absolute atomic E-state index is 0.252. The molecule has 24 heavy (non-hydrogen) atoms. The number of aliphatic hydroxyl groups excluding tert-OH is 1. The summed E-state index contributed by atoms with van der Waals surface area (Å²) in [6.45, 7) is 1.51. The Bertz CT molecular complexity index is 837. The second-order valence-electron chi connectivity index (χ2n) is 5.35. The third-order valence-electron chi connectivity index (χ3n) is 3.31. The van der Waals surface area contributed by atoms with Gasteiger partial charge in [0, 0.05) is 11.8 Å². The summed E-state index contributed by atoms with van der Waals surface area (Å²) in [5.41, 5.74) is 1.83. The first-order valence-corrected chi connectivity index (χ1v) is 9.12. The number of rotatable bonds is 6. The van der Waals surface area contributed by atoms with Crippen molar-refractivity contribution in [3.8, 4) is 0 Å². The summed E-state index contributed by atoms with van der Waals surface area (Å²) >= 11 is 0. The lowest BCUT2D eigenvalue weighted by Gasteiger charge is -2.18. The van der Waals surface area contributed by atoms with Crippen LogP contribution in [0.15, 0.2) is 42.6 Å². The van der Waals surface area contributed by atoms with E-state index in [1.165, 1.54) is 12.3 Å². The van der Waals surface area contributed by atoms with E-state index in [4.69, 9.17) is 5.11 Å². The molecule has 0 aliphatic carbocycles. The highest BCUT2D eigenvalue weighted by Gasteiger charge is 2.16. The fraction of sp³-hybridized carbons (Fsp3) is 0.250. The van der Waals surface area contributed by atoms with Crippen molar-refractivity contribution in [2.45, 2.75) is 19.6 Å². The van der Waals surface area contributed by atoms with Gasteiger partial charge < -0.3 is 10.4 Å². The number of hydrogen-bond donors (Lipinski definition) is 3. The van der Waals surface area contributed by atoms with Gasteiger partial charge in [0.05, 0.1) is 30.3 Å². The number of pyridine rings is 1. The van der Waals surface area contributed by atoms with E-state index in [-0.39, 0.29) is 12.5 Å². The average molecular weight is 349 g/mol. The Balaban J connectivity index is 2.20. The van der Waals surface area contributed by atoms with E-state index >= 15 is 0 Å². The summed E-state index contributed by atoms with van der Waals surface area (Å²) in [6, 6.07) is 9.47. The molecule has 128 valence electrons. The van der Waals surface area contributed by atoms with Crippen molar-refractivity contribution in [2.24, 2.45) is 0 Å². The lowest BCUT2D eigenvalue weighted by atomic mass is 10.1. The molecule has 1 aromatic carbocycles. The fourth-order valence-electron chi connectivity index (χ4n) is 2.23. The van der Waals surface area contributed by atoms with E-state index in [2.05, 4.69) is 15.0 Å². The van der Waals surface area contributed by atoms with Crippen LogP contribution in [0.5, 0.6) is 0 Å². The molecule has 7 nitrogen and oxygen atoms in total. The van der Waals surface area contributed by atoms with Crippen molar-refractivity contribution in [1.82, 2.24) is 10.3 Å². The number of carbonyl (C=O) groups is 1. The smallest absolute Gasteiger partial charge is 0.251 e. The standard InChI is InChI=1S/C16H19N3O4S/c1-11(14-5-3-4-6-15(14)19-24(2,22)23)18-16(21)12-7-8-17-13(9-12)10-20/h3-9,11,19-20H,10H2,1-2H3,(H,18,21). The zero-order valence-electron chi connectivity index (χ0n) is 13.4. The predicted molar refractivity (Wildman–Crippen MR) is 90.9 cm³/mol. The van der Waals surface area contributed by atoms with Crippen LogP contribution in [0.1, 0.15) is 34.6 Å². The Hall–Kier alpha value is -2.45. The van der Waals surface area contributed by atoms with E-state index in [1.807, 2.05) is 0 Å². The predicted octanol–water partition coefficient (Wildman–Crippen LogP) is 1.44. The van der Waals surface area contributed by atoms with Crippen molar-refractivity contribution in [3.05, 3.63) is 59.4 Å². The molecule has 1 aromatic heterocycles. The summed E-state index contributed by atoms with van der Waals surface area (Å²) in [7, 11) is -3.42. The van der Waals surface area contributed by atoms with Crippen LogP contribution in [0.2, 0.25) is 0 Å². The van der Waals surface area contributed by atoms with Gasteiger partial charge in [-0.05, 0) is 30.7 Å². The van der Waals surface area contributed by atoms with Gasteiger partial charge in [-0.25, -0.2) is 8.42 Å². The van der Waals surface area contributed by atoms with Crippen molar-refractivity contribution < 1.29 is 18.3 Å². The van der Waals surface area contributed by atoms with E-state index in [0.29, 0.717) is 22.5 Å². The maximum atomic E-state index is 12.3. The Morgan fingerprint density at radius 1 is 1.29 bits per heavy atom. The van der Waals surface area contributed by atoms with E-state index in [0.717, 1.165) is 6.26 Å². The van der Waals surface area contributed by atoms with Gasteiger partial charge in [0.1, 0.15) is 0 Å². The zero-order valence-corrected chi connectivity index (χ0v) is 14.2. The topological polar surface area (TPSA) is 108 Å². The lowest BCUT2D eigenvalue weighted by molar-refractivity contribution is 0.0939.